The highest BCUT2D eigenvalue weighted by Gasteiger charge is 2.34. The molecule has 1 atom stereocenters. The molecule has 4 rings (SSSR count). The predicted molar refractivity (Wildman–Crippen MR) is 128 cm³/mol. The fraction of sp³-hybridized carbons (Fsp3) is 0.320. The van der Waals surface area contributed by atoms with Crippen LogP contribution in [0.5, 0.6) is 11.5 Å². The van der Waals surface area contributed by atoms with Gasteiger partial charge in [0.25, 0.3) is 5.91 Å². The van der Waals surface area contributed by atoms with Crippen LogP contribution in [0, 0.1) is 5.92 Å². The lowest BCUT2D eigenvalue weighted by molar-refractivity contribution is -0.144. The molecule has 1 N–H and O–H groups in total. The van der Waals surface area contributed by atoms with Gasteiger partial charge in [-0.05, 0) is 47.9 Å². The fourth-order valence-electron chi connectivity index (χ4n) is 4.16. The summed E-state index contributed by atoms with van der Waals surface area (Å²) in [6.07, 6.45) is 0.478. The van der Waals surface area contributed by atoms with Crippen molar-refractivity contribution in [2.75, 3.05) is 21.3 Å². The summed E-state index contributed by atoms with van der Waals surface area (Å²) >= 11 is 6.09. The van der Waals surface area contributed by atoms with Crippen LogP contribution in [0.2, 0.25) is 5.02 Å². The molecule has 178 valence electrons. The number of ether oxygens (including phenoxy) is 3. The molecule has 0 spiro atoms. The van der Waals surface area contributed by atoms with Gasteiger partial charge < -0.3 is 19.5 Å². The Hall–Kier alpha value is -3.52. The molecule has 1 aliphatic carbocycles. The third-order valence-corrected chi connectivity index (χ3v) is 6.16. The molecule has 0 aliphatic heterocycles. The molecule has 1 heterocycles. The SMILES string of the molecule is COC(=O)[C@H](NC(=O)c1nn(-c2ccc(Cl)cc2)c2c1Cc1cc(OC)c(OC)cc1-2)C(C)C. The maximum Gasteiger partial charge on any atom is 0.328 e. The highest BCUT2D eigenvalue weighted by molar-refractivity contribution is 6.30. The Balaban J connectivity index is 1.85. The van der Waals surface area contributed by atoms with Crippen LogP contribution in [-0.4, -0.2) is 49.0 Å². The van der Waals surface area contributed by atoms with E-state index in [4.69, 9.17) is 25.8 Å². The number of hydrogen-bond donors (Lipinski definition) is 1. The Morgan fingerprint density at radius 1 is 1.06 bits per heavy atom. The van der Waals surface area contributed by atoms with Gasteiger partial charge in [-0.3, -0.25) is 4.79 Å². The molecular weight excluding hydrogens is 458 g/mol. The van der Waals surface area contributed by atoms with Crippen LogP contribution in [0.1, 0.15) is 35.5 Å². The van der Waals surface area contributed by atoms with E-state index in [0.717, 1.165) is 28.1 Å². The van der Waals surface area contributed by atoms with Crippen molar-refractivity contribution in [1.82, 2.24) is 15.1 Å². The van der Waals surface area contributed by atoms with Crippen LogP contribution >= 0.6 is 11.6 Å². The van der Waals surface area contributed by atoms with E-state index in [2.05, 4.69) is 10.4 Å². The summed E-state index contributed by atoms with van der Waals surface area (Å²) < 4.78 is 17.6. The Morgan fingerprint density at radius 2 is 1.71 bits per heavy atom. The summed E-state index contributed by atoms with van der Waals surface area (Å²) in [6.45, 7) is 3.68. The number of rotatable bonds is 7. The summed E-state index contributed by atoms with van der Waals surface area (Å²) in [5, 5.41) is 8.06. The molecule has 9 heteroatoms. The van der Waals surface area contributed by atoms with Gasteiger partial charge in [0, 0.05) is 22.6 Å². The van der Waals surface area contributed by atoms with E-state index in [1.807, 2.05) is 38.1 Å². The van der Waals surface area contributed by atoms with Crippen molar-refractivity contribution in [3.05, 3.63) is 58.2 Å². The van der Waals surface area contributed by atoms with Crippen LogP contribution in [0.4, 0.5) is 0 Å². The van der Waals surface area contributed by atoms with Gasteiger partial charge in [-0.15, -0.1) is 0 Å². The molecule has 0 fully saturated rings. The van der Waals surface area contributed by atoms with Crippen molar-refractivity contribution in [3.8, 4) is 28.4 Å². The molecule has 2 aromatic carbocycles. The number of carbonyl (C=O) groups is 2. The summed E-state index contributed by atoms with van der Waals surface area (Å²) in [6, 6.07) is 10.2. The van der Waals surface area contributed by atoms with Gasteiger partial charge in [-0.2, -0.15) is 5.10 Å². The Labute approximate surface area is 202 Å². The van der Waals surface area contributed by atoms with Crippen molar-refractivity contribution in [2.24, 2.45) is 5.92 Å². The standard InChI is InChI=1S/C25H26ClN3O5/c1-13(2)21(25(31)34-5)27-24(30)22-18-10-14-11-19(32-3)20(33-4)12-17(14)23(18)29(28-22)16-8-6-15(26)7-9-16/h6-9,11-13,21H,10H2,1-5H3,(H,27,30)/t21-/m1/s1. The van der Waals surface area contributed by atoms with Crippen LogP contribution in [0.25, 0.3) is 16.9 Å². The average Bonchev–Trinajstić information content (AvgIpc) is 3.38. The van der Waals surface area contributed by atoms with Gasteiger partial charge in [-0.1, -0.05) is 25.4 Å². The molecule has 0 radical (unpaired) electrons. The first-order valence-electron chi connectivity index (χ1n) is 10.8. The van der Waals surface area contributed by atoms with Crippen molar-refractivity contribution < 1.29 is 23.8 Å². The number of methoxy groups -OCH3 is 3. The van der Waals surface area contributed by atoms with Gasteiger partial charge >= 0.3 is 5.97 Å². The molecule has 1 amide bonds. The maximum atomic E-state index is 13.4. The van der Waals surface area contributed by atoms with Crippen molar-refractivity contribution in [1.29, 1.82) is 0 Å². The number of carbonyl (C=O) groups excluding carboxylic acids is 2. The van der Waals surface area contributed by atoms with Crippen LogP contribution < -0.4 is 14.8 Å². The van der Waals surface area contributed by atoms with E-state index < -0.39 is 17.9 Å². The molecular formula is C25H26ClN3O5. The third kappa shape index (κ3) is 4.09. The zero-order chi connectivity index (χ0) is 24.6. The van der Waals surface area contributed by atoms with Crippen molar-refractivity contribution >= 4 is 23.5 Å². The molecule has 3 aromatic rings. The first-order valence-corrected chi connectivity index (χ1v) is 11.2. The first kappa shape index (κ1) is 23.6. The number of nitrogens with one attached hydrogen (secondary N) is 1. The van der Waals surface area contributed by atoms with E-state index in [-0.39, 0.29) is 11.6 Å². The molecule has 1 aromatic heterocycles. The third-order valence-electron chi connectivity index (χ3n) is 5.91. The van der Waals surface area contributed by atoms with Gasteiger partial charge in [0.15, 0.2) is 17.2 Å². The summed E-state index contributed by atoms with van der Waals surface area (Å²) in [5.74, 6) is 0.0756. The number of benzene rings is 2. The average molecular weight is 484 g/mol. The zero-order valence-electron chi connectivity index (χ0n) is 19.6. The first-order chi connectivity index (χ1) is 16.3. The van der Waals surface area contributed by atoms with Gasteiger partial charge in [0.1, 0.15) is 6.04 Å². The molecule has 0 unspecified atom stereocenters. The number of aromatic nitrogens is 2. The second-order valence-electron chi connectivity index (χ2n) is 8.32. The highest BCUT2D eigenvalue weighted by atomic mass is 35.5. The lowest BCUT2D eigenvalue weighted by Gasteiger charge is -2.19. The quantitative estimate of drug-likeness (QED) is 0.399. The van der Waals surface area contributed by atoms with Crippen LogP contribution in [-0.2, 0) is 16.0 Å². The summed E-state index contributed by atoms with van der Waals surface area (Å²) in [4.78, 5) is 25.6. The van der Waals surface area contributed by atoms with Gasteiger partial charge in [-0.25, -0.2) is 9.48 Å². The van der Waals surface area contributed by atoms with Gasteiger partial charge in [0.05, 0.1) is 32.7 Å². The van der Waals surface area contributed by atoms with E-state index in [1.165, 1.54) is 7.11 Å². The second kappa shape index (κ2) is 9.38. The number of fused-ring (bicyclic) bond motifs is 3. The Kier molecular flexibility index (Phi) is 6.52. The number of amides is 1. The van der Waals surface area contributed by atoms with Crippen LogP contribution in [0.3, 0.4) is 0 Å². The number of hydrogen-bond acceptors (Lipinski definition) is 6. The minimum Gasteiger partial charge on any atom is -0.493 e. The fourth-order valence-corrected chi connectivity index (χ4v) is 4.28. The maximum absolute atomic E-state index is 13.4. The van der Waals surface area contributed by atoms with E-state index in [0.29, 0.717) is 22.9 Å². The van der Waals surface area contributed by atoms with Crippen molar-refractivity contribution in [2.45, 2.75) is 26.3 Å². The molecule has 0 saturated heterocycles. The minimum absolute atomic E-state index is 0.159. The second-order valence-corrected chi connectivity index (χ2v) is 8.76. The Morgan fingerprint density at radius 3 is 2.29 bits per heavy atom. The minimum atomic E-state index is -0.794. The monoisotopic (exact) mass is 483 g/mol. The largest absolute Gasteiger partial charge is 0.493 e. The molecule has 0 saturated carbocycles. The normalized spacial score (nSPS) is 12.7. The van der Waals surface area contributed by atoms with Crippen LogP contribution in [0.15, 0.2) is 36.4 Å². The Bertz CT molecular complexity index is 1250. The highest BCUT2D eigenvalue weighted by Crippen LogP contribution is 2.44. The zero-order valence-corrected chi connectivity index (χ0v) is 20.4. The summed E-state index contributed by atoms with van der Waals surface area (Å²) in [5.41, 5.74) is 4.40. The number of esters is 1. The van der Waals surface area contributed by atoms with E-state index in [9.17, 15) is 9.59 Å². The lowest BCUT2D eigenvalue weighted by atomic mass is 10.0. The summed E-state index contributed by atoms with van der Waals surface area (Å²) in [7, 11) is 4.46. The van der Waals surface area contributed by atoms with Crippen molar-refractivity contribution in [3.63, 3.8) is 0 Å². The predicted octanol–water partition coefficient (Wildman–Crippen LogP) is 4.04. The number of nitrogens with zero attached hydrogens (tertiary/aromatic N) is 2. The smallest absolute Gasteiger partial charge is 0.328 e. The lowest BCUT2D eigenvalue weighted by Crippen LogP contribution is -2.45. The topological polar surface area (TPSA) is 91.7 Å². The molecule has 8 nitrogen and oxygen atoms in total. The molecule has 1 aliphatic rings. The molecule has 0 bridgehead atoms. The van der Waals surface area contributed by atoms with E-state index in [1.54, 1.807) is 31.0 Å². The number of halogens is 1. The van der Waals surface area contributed by atoms with Gasteiger partial charge in [0.2, 0.25) is 0 Å². The van der Waals surface area contributed by atoms with E-state index >= 15 is 0 Å². The molecule has 34 heavy (non-hydrogen) atoms.